The van der Waals surface area contributed by atoms with Crippen molar-refractivity contribution < 1.29 is 27.4 Å². The zero-order chi connectivity index (χ0) is 28.5. The van der Waals surface area contributed by atoms with Crippen molar-refractivity contribution in [3.63, 3.8) is 0 Å². The Kier molecular flexibility index (Phi) is 7.72. The summed E-state index contributed by atoms with van der Waals surface area (Å²) in [5.41, 5.74) is 1.38. The number of tetrazole rings is 1. The van der Waals surface area contributed by atoms with Crippen LogP contribution in [0.25, 0.3) is 5.69 Å². The van der Waals surface area contributed by atoms with Crippen LogP contribution < -0.4 is 10.1 Å². The Balaban J connectivity index is 1.38. The van der Waals surface area contributed by atoms with Crippen LogP contribution >= 0.6 is 0 Å². The van der Waals surface area contributed by atoms with Gasteiger partial charge in [0.05, 0.1) is 11.8 Å². The molecule has 2 aromatic carbocycles. The zero-order valence-corrected chi connectivity index (χ0v) is 22.7. The predicted octanol–water partition coefficient (Wildman–Crippen LogP) is 5.11. The molecule has 2 heterocycles. The van der Waals surface area contributed by atoms with Gasteiger partial charge in [-0.15, -0.1) is 5.10 Å². The number of carbonyl (C=O) groups excluding carboxylic acids is 1. The summed E-state index contributed by atoms with van der Waals surface area (Å²) in [4.78, 5) is 14.6. The lowest BCUT2D eigenvalue weighted by Gasteiger charge is -2.40. The summed E-state index contributed by atoms with van der Waals surface area (Å²) in [6.07, 6.45) is -2.38. The fourth-order valence-corrected chi connectivity index (χ4v) is 4.82. The Labute approximate surface area is 230 Å². The fraction of sp³-hybridized carbons (Fsp3) is 0.500. The molecule has 1 saturated carbocycles. The highest BCUT2D eigenvalue weighted by atomic mass is 19.4. The number of aromatic nitrogens is 4. The Hall–Kier alpha value is -3.67. The number of nitrogens with zero attached hydrogens (tertiary/aromatic N) is 5. The maximum Gasteiger partial charge on any atom is 0.453 e. The third kappa shape index (κ3) is 6.72. The van der Waals surface area contributed by atoms with Crippen molar-refractivity contribution in [3.05, 3.63) is 65.5 Å². The van der Waals surface area contributed by atoms with E-state index < -0.39 is 17.6 Å². The molecular weight excluding hydrogens is 525 g/mol. The van der Waals surface area contributed by atoms with E-state index in [9.17, 15) is 18.0 Å². The Bertz CT molecular complexity index is 1320. The summed E-state index contributed by atoms with van der Waals surface area (Å²) < 4.78 is 52.8. The van der Waals surface area contributed by atoms with Gasteiger partial charge in [0.2, 0.25) is 0 Å². The summed E-state index contributed by atoms with van der Waals surface area (Å²) >= 11 is 0. The number of piperidine rings is 1. The second kappa shape index (κ2) is 11.1. The lowest BCUT2D eigenvalue weighted by Crippen LogP contribution is -2.50. The molecule has 2 atom stereocenters. The highest BCUT2D eigenvalue weighted by Crippen LogP contribution is 2.34. The Morgan fingerprint density at radius 3 is 2.50 bits per heavy atom. The molecular formula is C28H33F3N6O3. The Morgan fingerprint density at radius 1 is 1.07 bits per heavy atom. The molecule has 1 aliphatic carbocycles. The number of rotatable bonds is 7. The average Bonchev–Trinajstić information content (AvgIpc) is 3.57. The van der Waals surface area contributed by atoms with Crippen molar-refractivity contribution in [1.82, 2.24) is 30.4 Å². The maximum atomic E-state index is 13.5. The first kappa shape index (κ1) is 27.9. The fourth-order valence-electron chi connectivity index (χ4n) is 4.82. The number of carbonyl (C=O) groups is 1. The number of alkyl halides is 3. The minimum absolute atomic E-state index is 0.00251. The molecule has 3 aromatic rings. The van der Waals surface area contributed by atoms with Crippen LogP contribution in [0.4, 0.5) is 18.0 Å². The number of hydrogen-bond acceptors (Lipinski definition) is 7. The van der Waals surface area contributed by atoms with Gasteiger partial charge in [0, 0.05) is 37.2 Å². The van der Waals surface area contributed by atoms with E-state index in [1.54, 1.807) is 17.0 Å². The quantitative estimate of drug-likeness (QED) is 0.431. The van der Waals surface area contributed by atoms with Gasteiger partial charge in [0.25, 0.3) is 5.82 Å². The highest BCUT2D eigenvalue weighted by molar-refractivity contribution is 5.68. The van der Waals surface area contributed by atoms with E-state index in [-0.39, 0.29) is 29.8 Å². The Morgan fingerprint density at radius 2 is 1.82 bits per heavy atom. The molecule has 9 nitrogen and oxygen atoms in total. The first-order valence-electron chi connectivity index (χ1n) is 13.4. The summed E-state index contributed by atoms with van der Waals surface area (Å²) in [7, 11) is 0. The first-order chi connectivity index (χ1) is 19.0. The SMILES string of the molecule is CC(C)(C)OC(=O)N1CC[C@@H](NCc2cc(-n3nnnc3C(F)(F)F)ccc2OC2CC2)[C@H](c2ccccc2)C1. The number of likely N-dealkylation sites (tertiary alicyclic amines) is 1. The molecule has 0 unspecified atom stereocenters. The van der Waals surface area contributed by atoms with E-state index >= 15 is 0 Å². The van der Waals surface area contributed by atoms with Crippen molar-refractivity contribution >= 4 is 6.09 Å². The number of hydrogen-bond donors (Lipinski definition) is 1. The largest absolute Gasteiger partial charge is 0.490 e. The number of nitrogens with one attached hydrogen (secondary N) is 1. The summed E-state index contributed by atoms with van der Waals surface area (Å²) in [5, 5.41) is 13.6. The molecule has 1 aromatic heterocycles. The van der Waals surface area contributed by atoms with Gasteiger partial charge >= 0.3 is 12.3 Å². The minimum atomic E-state index is -4.70. The van der Waals surface area contributed by atoms with Gasteiger partial charge in [-0.05, 0) is 74.2 Å². The number of benzene rings is 2. The number of amides is 1. The molecule has 0 spiro atoms. The summed E-state index contributed by atoms with van der Waals surface area (Å²) in [6, 6.07) is 14.8. The molecule has 214 valence electrons. The predicted molar refractivity (Wildman–Crippen MR) is 140 cm³/mol. The van der Waals surface area contributed by atoms with E-state index in [4.69, 9.17) is 9.47 Å². The summed E-state index contributed by atoms with van der Waals surface area (Å²) in [6.45, 7) is 6.87. The van der Waals surface area contributed by atoms with Gasteiger partial charge in [-0.25, -0.2) is 4.79 Å². The van der Waals surface area contributed by atoms with Gasteiger partial charge in [0.15, 0.2) is 0 Å². The molecule has 1 amide bonds. The van der Waals surface area contributed by atoms with Gasteiger partial charge in [0.1, 0.15) is 11.4 Å². The topological polar surface area (TPSA) is 94.4 Å². The summed E-state index contributed by atoms with van der Waals surface area (Å²) in [5.74, 6) is -0.599. The third-order valence-corrected chi connectivity index (χ3v) is 6.88. The second-order valence-corrected chi connectivity index (χ2v) is 11.2. The van der Waals surface area contributed by atoms with Crippen LogP contribution in [0.1, 0.15) is 62.9 Å². The van der Waals surface area contributed by atoms with Crippen LogP contribution in [0, 0.1) is 0 Å². The normalized spacial score (nSPS) is 19.9. The number of halogens is 3. The van der Waals surface area contributed by atoms with Crippen LogP contribution in [0.2, 0.25) is 0 Å². The van der Waals surface area contributed by atoms with Gasteiger partial charge < -0.3 is 19.7 Å². The standard InChI is InChI=1S/C28H33F3N6O3/c1-27(2,3)40-26(38)36-14-13-23(22(17-36)18-7-5-4-6-8-18)32-16-19-15-20(9-12-24(19)39-21-10-11-21)37-25(28(29,30)31)33-34-35-37/h4-9,12,15,21-23,32H,10-11,13-14,16-17H2,1-3H3/t22-,23+/m0/s1. The molecule has 0 radical (unpaired) electrons. The first-order valence-corrected chi connectivity index (χ1v) is 13.4. The molecule has 2 aliphatic rings. The zero-order valence-electron chi connectivity index (χ0n) is 22.7. The molecule has 5 rings (SSSR count). The molecule has 12 heteroatoms. The molecule has 1 saturated heterocycles. The van der Waals surface area contributed by atoms with Crippen LogP contribution in [0.15, 0.2) is 48.5 Å². The number of ether oxygens (including phenoxy) is 2. The van der Waals surface area contributed by atoms with E-state index in [2.05, 4.69) is 20.8 Å². The van der Waals surface area contributed by atoms with Crippen molar-refractivity contribution in [2.45, 2.75) is 76.4 Å². The van der Waals surface area contributed by atoms with Crippen LogP contribution in [0.5, 0.6) is 5.75 Å². The molecule has 0 bridgehead atoms. The van der Waals surface area contributed by atoms with Crippen molar-refractivity contribution in [2.75, 3.05) is 13.1 Å². The van der Waals surface area contributed by atoms with Crippen LogP contribution in [0.3, 0.4) is 0 Å². The average molecular weight is 559 g/mol. The lowest BCUT2D eigenvalue weighted by molar-refractivity contribution is -0.146. The van der Waals surface area contributed by atoms with Gasteiger partial charge in [-0.3, -0.25) is 0 Å². The lowest BCUT2D eigenvalue weighted by atomic mass is 9.86. The molecule has 1 aliphatic heterocycles. The van der Waals surface area contributed by atoms with Crippen molar-refractivity contribution in [3.8, 4) is 11.4 Å². The molecule has 40 heavy (non-hydrogen) atoms. The minimum Gasteiger partial charge on any atom is -0.490 e. The van der Waals surface area contributed by atoms with Crippen LogP contribution in [-0.4, -0.2) is 62.0 Å². The highest BCUT2D eigenvalue weighted by Gasteiger charge is 2.39. The van der Waals surface area contributed by atoms with E-state index in [0.717, 1.165) is 18.4 Å². The smallest absolute Gasteiger partial charge is 0.453 e. The second-order valence-electron chi connectivity index (χ2n) is 11.2. The van der Waals surface area contributed by atoms with Crippen LogP contribution in [-0.2, 0) is 17.5 Å². The van der Waals surface area contributed by atoms with E-state index in [1.165, 1.54) is 6.07 Å². The van der Waals surface area contributed by atoms with E-state index in [0.29, 0.717) is 42.0 Å². The van der Waals surface area contributed by atoms with Crippen molar-refractivity contribution in [1.29, 1.82) is 0 Å². The van der Waals surface area contributed by atoms with Gasteiger partial charge in [-0.2, -0.15) is 17.9 Å². The molecule has 2 fully saturated rings. The third-order valence-electron chi connectivity index (χ3n) is 6.88. The van der Waals surface area contributed by atoms with Gasteiger partial charge in [-0.1, -0.05) is 30.3 Å². The van der Waals surface area contributed by atoms with Crippen molar-refractivity contribution in [2.24, 2.45) is 0 Å². The monoisotopic (exact) mass is 558 g/mol. The maximum absolute atomic E-state index is 13.5. The van der Waals surface area contributed by atoms with E-state index in [1.807, 2.05) is 51.1 Å². The molecule has 1 N–H and O–H groups in total.